The summed E-state index contributed by atoms with van der Waals surface area (Å²) in [6.07, 6.45) is -0.836. The molecule has 3 amide bonds. The van der Waals surface area contributed by atoms with Crippen molar-refractivity contribution in [3.63, 3.8) is 0 Å². The molecule has 4 rings (SSSR count). The van der Waals surface area contributed by atoms with Crippen molar-refractivity contribution in [3.8, 4) is 11.6 Å². The SMILES string of the molecule is CC1(C)C(=O)N(c2ccc(OC(F)(F)F)cc2)C(=O)N1Cc1ccnc(OCCN2CCCC2)c1. The Hall–Kier alpha value is -3.34. The van der Waals surface area contributed by atoms with Crippen LogP contribution >= 0.6 is 0 Å². The molecule has 8 nitrogen and oxygen atoms in total. The first-order chi connectivity index (χ1) is 16.5. The molecule has 0 radical (unpaired) electrons. The zero-order valence-corrected chi connectivity index (χ0v) is 19.5. The number of amides is 3. The minimum atomic E-state index is -4.83. The van der Waals surface area contributed by atoms with Crippen LogP contribution in [0.4, 0.5) is 23.7 Å². The third kappa shape index (κ3) is 5.67. The molecule has 2 aromatic rings. The second-order valence-corrected chi connectivity index (χ2v) is 9.01. The Balaban J connectivity index is 1.44. The number of pyridine rings is 1. The Morgan fingerprint density at radius 2 is 1.74 bits per heavy atom. The number of halogens is 3. The van der Waals surface area contributed by atoms with Gasteiger partial charge < -0.3 is 14.4 Å². The van der Waals surface area contributed by atoms with Crippen LogP contribution in [0.3, 0.4) is 0 Å². The molecule has 0 N–H and O–H groups in total. The van der Waals surface area contributed by atoms with Crippen molar-refractivity contribution >= 4 is 17.6 Å². The normalized spacial score (nSPS) is 18.4. The van der Waals surface area contributed by atoms with E-state index in [9.17, 15) is 22.8 Å². The van der Waals surface area contributed by atoms with Gasteiger partial charge in [0.25, 0.3) is 5.91 Å². The number of carbonyl (C=O) groups is 2. The van der Waals surface area contributed by atoms with Crippen LogP contribution in [0.5, 0.6) is 11.6 Å². The number of urea groups is 1. The Labute approximate surface area is 201 Å². The van der Waals surface area contributed by atoms with Gasteiger partial charge in [-0.2, -0.15) is 0 Å². The van der Waals surface area contributed by atoms with Crippen LogP contribution in [0.1, 0.15) is 32.3 Å². The Bertz CT molecular complexity index is 1070. The minimum Gasteiger partial charge on any atom is -0.476 e. The molecule has 0 bridgehead atoms. The number of alkyl halides is 3. The standard InChI is InChI=1S/C24H27F3N4O4/c1-23(2)21(32)31(18-5-7-19(8-6-18)35-24(25,26)27)22(33)30(23)16-17-9-10-28-20(15-17)34-14-13-29-11-3-4-12-29/h5-10,15H,3-4,11-14,16H2,1-2H3. The number of benzene rings is 1. The van der Waals surface area contributed by atoms with E-state index in [0.717, 1.165) is 42.2 Å². The van der Waals surface area contributed by atoms with Gasteiger partial charge in [0.05, 0.1) is 5.69 Å². The lowest BCUT2D eigenvalue weighted by molar-refractivity contribution is -0.274. The van der Waals surface area contributed by atoms with E-state index >= 15 is 0 Å². The highest BCUT2D eigenvalue weighted by Gasteiger charge is 2.51. The van der Waals surface area contributed by atoms with Gasteiger partial charge in [0.1, 0.15) is 17.9 Å². The van der Waals surface area contributed by atoms with Crippen LogP contribution in [0.25, 0.3) is 0 Å². The predicted octanol–water partition coefficient (Wildman–Crippen LogP) is 4.20. The molecule has 2 saturated heterocycles. The fourth-order valence-electron chi connectivity index (χ4n) is 4.22. The highest BCUT2D eigenvalue weighted by atomic mass is 19.4. The highest BCUT2D eigenvalue weighted by molar-refractivity contribution is 6.22. The van der Waals surface area contributed by atoms with Gasteiger partial charge in [-0.05, 0) is 75.7 Å². The summed E-state index contributed by atoms with van der Waals surface area (Å²) in [4.78, 5) is 35.3. The molecule has 3 heterocycles. The molecule has 35 heavy (non-hydrogen) atoms. The molecule has 0 unspecified atom stereocenters. The molecule has 2 fully saturated rings. The van der Waals surface area contributed by atoms with Gasteiger partial charge in [-0.1, -0.05) is 0 Å². The summed E-state index contributed by atoms with van der Waals surface area (Å²) in [5.74, 6) is -0.483. The zero-order chi connectivity index (χ0) is 25.2. The topological polar surface area (TPSA) is 75.2 Å². The first-order valence-electron chi connectivity index (χ1n) is 11.4. The summed E-state index contributed by atoms with van der Waals surface area (Å²) in [6.45, 7) is 6.86. The molecule has 0 atom stereocenters. The van der Waals surface area contributed by atoms with Gasteiger partial charge >= 0.3 is 12.4 Å². The third-order valence-corrected chi connectivity index (χ3v) is 6.15. The maximum absolute atomic E-state index is 13.2. The highest BCUT2D eigenvalue weighted by Crippen LogP contribution is 2.34. The monoisotopic (exact) mass is 492 g/mol. The van der Waals surface area contributed by atoms with E-state index in [1.807, 2.05) is 0 Å². The van der Waals surface area contributed by atoms with Crippen LogP contribution in [0.2, 0.25) is 0 Å². The minimum absolute atomic E-state index is 0.133. The van der Waals surface area contributed by atoms with Gasteiger partial charge in [-0.25, -0.2) is 14.7 Å². The van der Waals surface area contributed by atoms with Gasteiger partial charge in [-0.3, -0.25) is 9.69 Å². The van der Waals surface area contributed by atoms with Crippen LogP contribution in [-0.4, -0.2) is 64.9 Å². The fourth-order valence-corrected chi connectivity index (χ4v) is 4.22. The van der Waals surface area contributed by atoms with Crippen LogP contribution in [-0.2, 0) is 11.3 Å². The summed E-state index contributed by atoms with van der Waals surface area (Å²) in [6, 6.07) is 7.53. The second-order valence-electron chi connectivity index (χ2n) is 9.01. The molecule has 0 saturated carbocycles. The van der Waals surface area contributed by atoms with E-state index in [0.29, 0.717) is 12.5 Å². The van der Waals surface area contributed by atoms with Crippen LogP contribution in [0.15, 0.2) is 42.6 Å². The van der Waals surface area contributed by atoms with E-state index in [1.165, 1.54) is 29.9 Å². The lowest BCUT2D eigenvalue weighted by Gasteiger charge is -2.27. The largest absolute Gasteiger partial charge is 0.573 e. The first kappa shape index (κ1) is 24.8. The van der Waals surface area contributed by atoms with Gasteiger partial charge in [0, 0.05) is 25.4 Å². The van der Waals surface area contributed by atoms with Gasteiger partial charge in [-0.15, -0.1) is 13.2 Å². The lowest BCUT2D eigenvalue weighted by Crippen LogP contribution is -2.43. The Morgan fingerprint density at radius 1 is 1.06 bits per heavy atom. The molecular formula is C24H27F3N4O4. The summed E-state index contributed by atoms with van der Waals surface area (Å²) in [7, 11) is 0. The smallest absolute Gasteiger partial charge is 0.476 e. The van der Waals surface area contributed by atoms with E-state index in [-0.39, 0.29) is 12.2 Å². The quantitative estimate of drug-likeness (QED) is 0.514. The molecule has 188 valence electrons. The third-order valence-electron chi connectivity index (χ3n) is 6.15. The van der Waals surface area contributed by atoms with E-state index in [2.05, 4.69) is 14.6 Å². The number of carbonyl (C=O) groups excluding carboxylic acids is 2. The maximum Gasteiger partial charge on any atom is 0.573 e. The van der Waals surface area contributed by atoms with Crippen molar-refractivity contribution in [2.45, 2.75) is 45.1 Å². The van der Waals surface area contributed by atoms with E-state index < -0.39 is 29.6 Å². The molecule has 0 aliphatic carbocycles. The van der Waals surface area contributed by atoms with Crippen LogP contribution in [0, 0.1) is 0 Å². The number of aromatic nitrogens is 1. The number of anilines is 1. The molecule has 2 aliphatic heterocycles. The predicted molar refractivity (Wildman–Crippen MR) is 121 cm³/mol. The number of rotatable bonds is 8. The van der Waals surface area contributed by atoms with Crippen molar-refractivity contribution < 1.29 is 32.2 Å². The lowest BCUT2D eigenvalue weighted by atomic mass is 10.0. The second kappa shape index (κ2) is 9.73. The number of ether oxygens (including phenoxy) is 2. The summed E-state index contributed by atoms with van der Waals surface area (Å²) in [5, 5.41) is 0. The van der Waals surface area contributed by atoms with Crippen LogP contribution < -0.4 is 14.4 Å². The number of nitrogens with zero attached hydrogens (tertiary/aromatic N) is 4. The van der Waals surface area contributed by atoms with Crippen molar-refractivity contribution in [2.24, 2.45) is 0 Å². The fraction of sp³-hybridized carbons (Fsp3) is 0.458. The number of likely N-dealkylation sites (tertiary alicyclic amines) is 1. The van der Waals surface area contributed by atoms with Crippen molar-refractivity contribution in [2.75, 3.05) is 31.1 Å². The summed E-state index contributed by atoms with van der Waals surface area (Å²) < 4.78 is 46.9. The molecule has 11 heteroatoms. The zero-order valence-electron chi connectivity index (χ0n) is 19.5. The van der Waals surface area contributed by atoms with Crippen molar-refractivity contribution in [1.82, 2.24) is 14.8 Å². The van der Waals surface area contributed by atoms with Crippen molar-refractivity contribution in [3.05, 3.63) is 48.2 Å². The molecule has 1 aromatic carbocycles. The number of imide groups is 1. The maximum atomic E-state index is 13.2. The van der Waals surface area contributed by atoms with Crippen molar-refractivity contribution in [1.29, 1.82) is 0 Å². The van der Waals surface area contributed by atoms with Gasteiger partial charge in [0.2, 0.25) is 5.88 Å². The van der Waals surface area contributed by atoms with E-state index in [1.54, 1.807) is 32.2 Å². The Morgan fingerprint density at radius 3 is 2.40 bits per heavy atom. The molecule has 0 spiro atoms. The van der Waals surface area contributed by atoms with Gasteiger partial charge in [0.15, 0.2) is 0 Å². The Kier molecular flexibility index (Phi) is 6.88. The number of hydrogen-bond acceptors (Lipinski definition) is 6. The molecule has 2 aliphatic rings. The average molecular weight is 492 g/mol. The van der Waals surface area contributed by atoms with E-state index in [4.69, 9.17) is 4.74 Å². The summed E-state index contributed by atoms with van der Waals surface area (Å²) >= 11 is 0. The first-order valence-corrected chi connectivity index (χ1v) is 11.4. The molecular weight excluding hydrogens is 465 g/mol. The number of hydrogen-bond donors (Lipinski definition) is 0. The molecule has 1 aromatic heterocycles. The average Bonchev–Trinajstić information content (AvgIpc) is 3.36. The summed E-state index contributed by atoms with van der Waals surface area (Å²) in [5.41, 5.74) is -0.273.